The molecule has 0 spiro atoms. The molecule has 2 N–H and O–H groups in total. The van der Waals surface area contributed by atoms with Gasteiger partial charge in [0.25, 0.3) is 0 Å². The number of aromatic nitrogens is 3. The van der Waals surface area contributed by atoms with Gasteiger partial charge in [0.1, 0.15) is 17.4 Å². The van der Waals surface area contributed by atoms with E-state index in [1.54, 1.807) is 0 Å². The highest BCUT2D eigenvalue weighted by molar-refractivity contribution is 5.85. The average molecular weight is 323 g/mol. The molecule has 2 saturated heterocycles. The van der Waals surface area contributed by atoms with Crippen molar-refractivity contribution < 1.29 is 4.74 Å². The lowest BCUT2D eigenvalue weighted by Gasteiger charge is -2.23. The van der Waals surface area contributed by atoms with E-state index < -0.39 is 0 Å². The number of nitrogens with one attached hydrogen (secondary N) is 2. The van der Waals surface area contributed by atoms with E-state index in [-0.39, 0.29) is 18.5 Å². The highest BCUT2D eigenvalue weighted by Gasteiger charge is 2.23. The molecule has 4 rings (SSSR count). The third-order valence-corrected chi connectivity index (χ3v) is 4.70. The Kier molecular flexibility index (Phi) is 4.96. The lowest BCUT2D eigenvalue weighted by Crippen LogP contribution is -2.26. The van der Waals surface area contributed by atoms with Gasteiger partial charge in [-0.25, -0.2) is 9.97 Å². The minimum Gasteiger partial charge on any atom is -0.370 e. The number of nitrogens with zero attached hydrogens (tertiary/aromatic N) is 2. The number of hydrogen-bond acceptors (Lipinski definition) is 4. The van der Waals surface area contributed by atoms with E-state index in [0.717, 1.165) is 49.5 Å². The largest absolute Gasteiger partial charge is 0.370 e. The molecule has 22 heavy (non-hydrogen) atoms. The number of pyridine rings is 1. The molecule has 0 unspecified atom stereocenters. The molecule has 0 aliphatic carbocycles. The van der Waals surface area contributed by atoms with Gasteiger partial charge in [-0.15, -0.1) is 12.4 Å². The Balaban J connectivity index is 0.00000144. The minimum absolute atomic E-state index is 0. The molecule has 2 aromatic heterocycles. The van der Waals surface area contributed by atoms with Gasteiger partial charge in [0.15, 0.2) is 5.65 Å². The van der Waals surface area contributed by atoms with Crippen molar-refractivity contribution >= 4 is 23.6 Å². The van der Waals surface area contributed by atoms with Crippen LogP contribution in [0.25, 0.3) is 11.2 Å². The number of ether oxygens (including phenoxy) is 1. The van der Waals surface area contributed by atoms with Crippen molar-refractivity contribution in [2.45, 2.75) is 44.1 Å². The van der Waals surface area contributed by atoms with Crippen LogP contribution in [-0.4, -0.2) is 34.6 Å². The van der Waals surface area contributed by atoms with Gasteiger partial charge in [-0.2, -0.15) is 0 Å². The van der Waals surface area contributed by atoms with Crippen molar-refractivity contribution in [3.05, 3.63) is 23.7 Å². The number of aromatic amines is 1. The maximum Gasteiger partial charge on any atom is 0.157 e. The van der Waals surface area contributed by atoms with Gasteiger partial charge in [-0.05, 0) is 62.7 Å². The molecule has 0 bridgehead atoms. The first-order chi connectivity index (χ1) is 10.4. The summed E-state index contributed by atoms with van der Waals surface area (Å²) in [6.45, 7) is 3.03. The number of piperidine rings is 1. The molecule has 2 aliphatic heterocycles. The zero-order chi connectivity index (χ0) is 14.1. The predicted molar refractivity (Wildman–Crippen MR) is 88.5 cm³/mol. The summed E-state index contributed by atoms with van der Waals surface area (Å²) in [6.07, 6.45) is 7.83. The van der Waals surface area contributed by atoms with Crippen molar-refractivity contribution in [2.24, 2.45) is 0 Å². The molecule has 2 fully saturated rings. The summed E-state index contributed by atoms with van der Waals surface area (Å²) in [5, 5.41) is 3.43. The van der Waals surface area contributed by atoms with Crippen molar-refractivity contribution in [2.75, 3.05) is 19.7 Å². The summed E-state index contributed by atoms with van der Waals surface area (Å²) in [4.78, 5) is 12.7. The molecule has 0 amide bonds. The van der Waals surface area contributed by atoms with Gasteiger partial charge in [0, 0.05) is 12.8 Å². The SMILES string of the molecule is Cl.c1cc(C2CCNCC2)c2nc([C@H]3CCCCO3)[nH]c2n1. The van der Waals surface area contributed by atoms with Gasteiger partial charge >= 0.3 is 0 Å². The molecule has 120 valence electrons. The quantitative estimate of drug-likeness (QED) is 0.892. The third-order valence-electron chi connectivity index (χ3n) is 4.70. The Bertz CT molecular complexity index is 618. The van der Waals surface area contributed by atoms with Gasteiger partial charge < -0.3 is 15.0 Å². The van der Waals surface area contributed by atoms with Crippen LogP contribution in [0.4, 0.5) is 0 Å². The summed E-state index contributed by atoms with van der Waals surface area (Å²) < 4.78 is 5.85. The highest BCUT2D eigenvalue weighted by Crippen LogP contribution is 2.32. The summed E-state index contributed by atoms with van der Waals surface area (Å²) in [6, 6.07) is 2.14. The summed E-state index contributed by atoms with van der Waals surface area (Å²) in [5.41, 5.74) is 3.31. The topological polar surface area (TPSA) is 62.8 Å². The molecule has 1 atom stereocenters. The Morgan fingerprint density at radius 2 is 2.00 bits per heavy atom. The van der Waals surface area contributed by atoms with Crippen LogP contribution in [-0.2, 0) is 4.74 Å². The molecule has 6 heteroatoms. The van der Waals surface area contributed by atoms with Gasteiger partial charge in [-0.3, -0.25) is 0 Å². The number of H-pyrrole nitrogens is 1. The molecule has 0 aromatic carbocycles. The van der Waals surface area contributed by atoms with Crippen molar-refractivity contribution in [3.8, 4) is 0 Å². The van der Waals surface area contributed by atoms with Crippen LogP contribution in [0.3, 0.4) is 0 Å². The molecule has 2 aromatic rings. The second-order valence-electron chi connectivity index (χ2n) is 6.10. The Morgan fingerprint density at radius 3 is 2.77 bits per heavy atom. The molecular formula is C16H23ClN4O. The minimum atomic E-state index is 0. The van der Waals surface area contributed by atoms with Gasteiger partial charge in [-0.1, -0.05) is 0 Å². The third kappa shape index (κ3) is 2.98. The van der Waals surface area contributed by atoms with Crippen LogP contribution in [0.1, 0.15) is 55.5 Å². The van der Waals surface area contributed by atoms with E-state index in [1.165, 1.54) is 24.8 Å². The first-order valence-electron chi connectivity index (χ1n) is 8.08. The Morgan fingerprint density at radius 1 is 1.14 bits per heavy atom. The zero-order valence-corrected chi connectivity index (χ0v) is 13.5. The van der Waals surface area contributed by atoms with Crippen LogP contribution in [0, 0.1) is 0 Å². The van der Waals surface area contributed by atoms with Gasteiger partial charge in [0.05, 0.1) is 0 Å². The van der Waals surface area contributed by atoms with Gasteiger partial charge in [0.2, 0.25) is 0 Å². The fourth-order valence-corrected chi connectivity index (χ4v) is 3.52. The first-order valence-corrected chi connectivity index (χ1v) is 8.08. The molecule has 5 nitrogen and oxygen atoms in total. The van der Waals surface area contributed by atoms with Crippen molar-refractivity contribution in [3.63, 3.8) is 0 Å². The lowest BCUT2D eigenvalue weighted by atomic mass is 9.90. The number of rotatable bonds is 2. The smallest absolute Gasteiger partial charge is 0.157 e. The fraction of sp³-hybridized carbons (Fsp3) is 0.625. The summed E-state index contributed by atoms with van der Waals surface area (Å²) in [5.74, 6) is 1.55. The maximum absolute atomic E-state index is 5.85. The Labute approximate surface area is 136 Å². The fourth-order valence-electron chi connectivity index (χ4n) is 3.52. The van der Waals surface area contributed by atoms with E-state index in [4.69, 9.17) is 9.72 Å². The van der Waals surface area contributed by atoms with Crippen molar-refractivity contribution in [1.29, 1.82) is 0 Å². The van der Waals surface area contributed by atoms with E-state index >= 15 is 0 Å². The molecule has 2 aliphatic rings. The second-order valence-corrected chi connectivity index (χ2v) is 6.10. The summed E-state index contributed by atoms with van der Waals surface area (Å²) in [7, 11) is 0. The highest BCUT2D eigenvalue weighted by atomic mass is 35.5. The van der Waals surface area contributed by atoms with Crippen LogP contribution >= 0.6 is 12.4 Å². The van der Waals surface area contributed by atoms with Crippen LogP contribution in [0.5, 0.6) is 0 Å². The second kappa shape index (κ2) is 6.94. The molecule has 4 heterocycles. The number of fused-ring (bicyclic) bond motifs is 1. The monoisotopic (exact) mass is 322 g/mol. The standard InChI is InChI=1S/C16H22N4O.ClH/c1-2-10-21-13(3-1)15-19-14-12(6-9-18-16(14)20-15)11-4-7-17-8-5-11;/h6,9,11,13,17H,1-5,7-8,10H2,(H,18,19,20);1H/t13-;/m1./s1. The Hall–Kier alpha value is -1.17. The molecule has 0 saturated carbocycles. The maximum atomic E-state index is 5.85. The van der Waals surface area contributed by atoms with E-state index in [9.17, 15) is 0 Å². The van der Waals surface area contributed by atoms with E-state index in [0.29, 0.717) is 5.92 Å². The predicted octanol–water partition coefficient (Wildman–Crippen LogP) is 3.09. The van der Waals surface area contributed by atoms with Crippen LogP contribution < -0.4 is 5.32 Å². The number of hydrogen-bond donors (Lipinski definition) is 2. The normalized spacial score (nSPS) is 23.4. The van der Waals surface area contributed by atoms with E-state index in [2.05, 4.69) is 21.4 Å². The van der Waals surface area contributed by atoms with E-state index in [1.807, 2.05) is 6.20 Å². The number of imidazole rings is 1. The lowest BCUT2D eigenvalue weighted by molar-refractivity contribution is 0.0101. The van der Waals surface area contributed by atoms with Crippen LogP contribution in [0.2, 0.25) is 0 Å². The molecular weight excluding hydrogens is 300 g/mol. The first kappa shape index (κ1) is 15.7. The summed E-state index contributed by atoms with van der Waals surface area (Å²) >= 11 is 0. The zero-order valence-electron chi connectivity index (χ0n) is 12.7. The molecule has 0 radical (unpaired) electrons. The van der Waals surface area contributed by atoms with Crippen LogP contribution in [0.15, 0.2) is 12.3 Å². The number of halogens is 1. The average Bonchev–Trinajstić information content (AvgIpc) is 3.00. The van der Waals surface area contributed by atoms with Crippen molar-refractivity contribution in [1.82, 2.24) is 20.3 Å².